The van der Waals surface area contributed by atoms with E-state index in [0.29, 0.717) is 23.4 Å². The van der Waals surface area contributed by atoms with Crippen molar-refractivity contribution in [1.82, 2.24) is 5.32 Å². The molecule has 1 N–H and O–H groups in total. The van der Waals surface area contributed by atoms with Gasteiger partial charge in [0.05, 0.1) is 10.6 Å². The highest BCUT2D eigenvalue weighted by Gasteiger charge is 2.39. The van der Waals surface area contributed by atoms with Gasteiger partial charge in [0, 0.05) is 18.5 Å². The quantitative estimate of drug-likeness (QED) is 0.765. The predicted octanol–water partition coefficient (Wildman–Crippen LogP) is 4.46. The van der Waals surface area contributed by atoms with Crippen LogP contribution in [0.2, 0.25) is 0 Å². The first-order valence-corrected chi connectivity index (χ1v) is 12.5. The van der Waals surface area contributed by atoms with Gasteiger partial charge in [-0.25, -0.2) is 8.42 Å². The Bertz CT molecular complexity index is 968. The third-order valence-corrected chi connectivity index (χ3v) is 8.73. The second-order valence-electron chi connectivity index (χ2n) is 8.89. The average Bonchev–Trinajstić information content (AvgIpc) is 3.41. The Labute approximate surface area is 174 Å². The number of nitrogens with one attached hydrogen (secondary N) is 1. The molecule has 0 aromatic heterocycles. The molecule has 2 saturated carbocycles. The average molecular weight is 411 g/mol. The second kappa shape index (κ2) is 7.77. The molecule has 1 aliphatic heterocycles. The molecular weight excluding hydrogens is 380 g/mol. The van der Waals surface area contributed by atoms with Crippen LogP contribution in [0, 0.1) is 5.92 Å². The molecule has 0 radical (unpaired) electrons. The molecule has 2 unspecified atom stereocenters. The number of rotatable bonds is 6. The number of hydrogen-bond donors (Lipinski definition) is 1. The largest absolute Gasteiger partial charge is 0.313 e. The zero-order valence-corrected chi connectivity index (χ0v) is 17.7. The van der Waals surface area contributed by atoms with E-state index < -0.39 is 10.0 Å². The van der Waals surface area contributed by atoms with Gasteiger partial charge in [0.15, 0.2) is 0 Å². The maximum Gasteiger partial charge on any atom is 0.264 e. The van der Waals surface area contributed by atoms with Crippen molar-refractivity contribution in [2.75, 3.05) is 17.4 Å². The first kappa shape index (κ1) is 19.1. The van der Waals surface area contributed by atoms with Crippen molar-refractivity contribution < 1.29 is 8.42 Å². The summed E-state index contributed by atoms with van der Waals surface area (Å²) in [5.41, 5.74) is 3.38. The molecule has 1 heterocycles. The highest BCUT2D eigenvalue weighted by molar-refractivity contribution is 7.92. The molecule has 3 aliphatic rings. The molecule has 0 bridgehead atoms. The summed E-state index contributed by atoms with van der Waals surface area (Å²) >= 11 is 0. The predicted molar refractivity (Wildman–Crippen MR) is 117 cm³/mol. The van der Waals surface area contributed by atoms with E-state index in [1.165, 1.54) is 49.7 Å². The van der Waals surface area contributed by atoms with Gasteiger partial charge >= 0.3 is 0 Å². The Morgan fingerprint density at radius 3 is 2.59 bits per heavy atom. The van der Waals surface area contributed by atoms with Crippen molar-refractivity contribution in [2.45, 2.75) is 61.8 Å². The summed E-state index contributed by atoms with van der Waals surface area (Å²) in [6, 6.07) is 15.8. The summed E-state index contributed by atoms with van der Waals surface area (Å²) in [6.45, 7) is 1.69. The van der Waals surface area contributed by atoms with Crippen molar-refractivity contribution >= 4 is 15.7 Å². The van der Waals surface area contributed by atoms with E-state index in [4.69, 9.17) is 0 Å². The number of fused-ring (bicyclic) bond motifs is 1. The number of anilines is 1. The number of sulfonamides is 1. The lowest BCUT2D eigenvalue weighted by atomic mass is 9.89. The van der Waals surface area contributed by atoms with Gasteiger partial charge in [0.25, 0.3) is 10.0 Å². The van der Waals surface area contributed by atoms with Crippen LogP contribution in [0.15, 0.2) is 53.4 Å². The third kappa shape index (κ3) is 3.82. The van der Waals surface area contributed by atoms with E-state index in [9.17, 15) is 8.42 Å². The lowest BCUT2D eigenvalue weighted by molar-refractivity contribution is 0.341. The highest BCUT2D eigenvalue weighted by atomic mass is 32.2. The second-order valence-corrected chi connectivity index (χ2v) is 10.8. The Morgan fingerprint density at radius 2 is 1.79 bits per heavy atom. The molecule has 2 aromatic rings. The van der Waals surface area contributed by atoms with Crippen LogP contribution in [-0.2, 0) is 16.4 Å². The van der Waals surface area contributed by atoms with Crippen molar-refractivity contribution in [2.24, 2.45) is 5.92 Å². The van der Waals surface area contributed by atoms with E-state index in [0.717, 1.165) is 24.6 Å². The highest BCUT2D eigenvalue weighted by Crippen LogP contribution is 2.44. The van der Waals surface area contributed by atoms with Crippen LogP contribution < -0.4 is 9.62 Å². The van der Waals surface area contributed by atoms with Gasteiger partial charge < -0.3 is 5.32 Å². The molecule has 154 valence electrons. The van der Waals surface area contributed by atoms with Gasteiger partial charge in [-0.1, -0.05) is 49.6 Å². The lowest BCUT2D eigenvalue weighted by Gasteiger charge is -2.22. The molecule has 2 atom stereocenters. The SMILES string of the molecule is O=S(=O)(c1ccccc1)N1CCc2cc(C3CC3NCC3CCCCC3)ccc21. The van der Waals surface area contributed by atoms with Crippen molar-refractivity contribution in [3.05, 3.63) is 59.7 Å². The fraction of sp³-hybridized carbons (Fsp3) is 0.500. The third-order valence-electron chi connectivity index (χ3n) is 6.90. The molecular formula is C24H30N2O2S. The molecule has 5 heteroatoms. The maximum absolute atomic E-state index is 13.0. The topological polar surface area (TPSA) is 49.4 Å². The summed E-state index contributed by atoms with van der Waals surface area (Å²) in [6.07, 6.45) is 8.97. The molecule has 29 heavy (non-hydrogen) atoms. The first-order chi connectivity index (χ1) is 14.1. The summed E-state index contributed by atoms with van der Waals surface area (Å²) in [5.74, 6) is 1.45. The summed E-state index contributed by atoms with van der Waals surface area (Å²) < 4.78 is 27.6. The molecule has 0 saturated heterocycles. The van der Waals surface area contributed by atoms with Crippen LogP contribution >= 0.6 is 0 Å². The minimum Gasteiger partial charge on any atom is -0.313 e. The van der Waals surface area contributed by atoms with Crippen LogP contribution in [0.5, 0.6) is 0 Å². The number of hydrogen-bond acceptors (Lipinski definition) is 3. The van der Waals surface area contributed by atoms with Crippen LogP contribution in [0.3, 0.4) is 0 Å². The van der Waals surface area contributed by atoms with Crippen LogP contribution in [0.25, 0.3) is 0 Å². The summed E-state index contributed by atoms with van der Waals surface area (Å²) in [7, 11) is -3.48. The maximum atomic E-state index is 13.0. The van der Waals surface area contributed by atoms with Crippen molar-refractivity contribution in [3.8, 4) is 0 Å². The lowest BCUT2D eigenvalue weighted by Crippen LogP contribution is -2.29. The normalized spacial score (nSPS) is 24.5. The van der Waals surface area contributed by atoms with E-state index in [1.54, 1.807) is 28.6 Å². The van der Waals surface area contributed by atoms with Gasteiger partial charge in [0.2, 0.25) is 0 Å². The molecule has 4 nitrogen and oxygen atoms in total. The van der Waals surface area contributed by atoms with E-state index in [2.05, 4.69) is 17.4 Å². The molecule has 2 aliphatic carbocycles. The first-order valence-electron chi connectivity index (χ1n) is 11.1. The minimum absolute atomic E-state index is 0.367. The van der Waals surface area contributed by atoms with Gasteiger partial charge in [-0.05, 0) is 67.5 Å². The van der Waals surface area contributed by atoms with Crippen molar-refractivity contribution in [1.29, 1.82) is 0 Å². The zero-order chi connectivity index (χ0) is 19.8. The van der Waals surface area contributed by atoms with Gasteiger partial charge in [-0.2, -0.15) is 0 Å². The molecule has 0 spiro atoms. The van der Waals surface area contributed by atoms with E-state index >= 15 is 0 Å². The minimum atomic E-state index is -3.48. The zero-order valence-electron chi connectivity index (χ0n) is 16.9. The van der Waals surface area contributed by atoms with Gasteiger partial charge in [-0.3, -0.25) is 4.31 Å². The Kier molecular flexibility index (Phi) is 5.12. The molecule has 2 aromatic carbocycles. The van der Waals surface area contributed by atoms with E-state index in [-0.39, 0.29) is 0 Å². The standard InChI is InChI=1S/C24H30N2O2S/c27-29(28,21-9-5-2-6-10-21)26-14-13-20-15-19(11-12-24(20)26)22-16-23(22)25-17-18-7-3-1-4-8-18/h2,5-6,9-12,15,18,22-23,25H,1,3-4,7-8,13-14,16-17H2. The molecule has 2 fully saturated rings. The number of benzene rings is 2. The monoisotopic (exact) mass is 410 g/mol. The van der Waals surface area contributed by atoms with Gasteiger partial charge in [0.1, 0.15) is 0 Å². The Balaban J connectivity index is 1.26. The van der Waals surface area contributed by atoms with Crippen LogP contribution in [0.1, 0.15) is 55.6 Å². The summed E-state index contributed by atoms with van der Waals surface area (Å²) in [4.78, 5) is 0.367. The fourth-order valence-electron chi connectivity index (χ4n) is 5.09. The molecule has 0 amide bonds. The molecule has 5 rings (SSSR count). The van der Waals surface area contributed by atoms with E-state index in [1.807, 2.05) is 12.1 Å². The summed E-state index contributed by atoms with van der Waals surface area (Å²) in [5, 5.41) is 3.79. The Morgan fingerprint density at radius 1 is 1.00 bits per heavy atom. The van der Waals surface area contributed by atoms with Gasteiger partial charge in [-0.15, -0.1) is 0 Å². The smallest absolute Gasteiger partial charge is 0.264 e. The fourth-order valence-corrected chi connectivity index (χ4v) is 6.61. The number of nitrogens with zero attached hydrogens (tertiary/aromatic N) is 1. The van der Waals surface area contributed by atoms with Crippen LogP contribution in [0.4, 0.5) is 5.69 Å². The van der Waals surface area contributed by atoms with Crippen LogP contribution in [-0.4, -0.2) is 27.5 Å². The van der Waals surface area contributed by atoms with Crippen molar-refractivity contribution in [3.63, 3.8) is 0 Å². The Hall–Kier alpha value is -1.85.